The second kappa shape index (κ2) is 9.46. The van der Waals surface area contributed by atoms with Crippen molar-refractivity contribution in [2.45, 2.75) is 63.6 Å². The molecule has 2 saturated heterocycles. The predicted octanol–water partition coefficient (Wildman–Crippen LogP) is 2.32. The molecule has 9 nitrogen and oxygen atoms in total. The molecule has 0 radical (unpaired) electrons. The summed E-state index contributed by atoms with van der Waals surface area (Å²) in [6.07, 6.45) is 3.11. The Labute approximate surface area is 190 Å². The number of hydrogen-bond donors (Lipinski definition) is 1. The van der Waals surface area contributed by atoms with Gasteiger partial charge in [-0.2, -0.15) is 0 Å². The highest BCUT2D eigenvalue weighted by atomic mass is 32.1. The lowest BCUT2D eigenvalue weighted by Crippen LogP contribution is -2.40. The van der Waals surface area contributed by atoms with Crippen LogP contribution >= 0.6 is 11.3 Å². The quantitative estimate of drug-likeness (QED) is 0.605. The molecule has 1 N–H and O–H groups in total. The summed E-state index contributed by atoms with van der Waals surface area (Å²) >= 11 is 1.41. The average molecular weight is 464 g/mol. The van der Waals surface area contributed by atoms with Crippen LogP contribution in [0.4, 0.5) is 0 Å². The first kappa shape index (κ1) is 21.8. The number of amides is 1. The lowest BCUT2D eigenvalue weighted by molar-refractivity contribution is -0.120. The second-order valence-electron chi connectivity index (χ2n) is 8.81. The van der Waals surface area contributed by atoms with E-state index in [0.717, 1.165) is 36.2 Å². The molecule has 4 heterocycles. The van der Waals surface area contributed by atoms with Crippen LogP contribution in [0.2, 0.25) is 0 Å². The molecule has 0 bridgehead atoms. The van der Waals surface area contributed by atoms with Gasteiger partial charge in [0.25, 0.3) is 5.19 Å². The molecule has 2 aromatic heterocycles. The summed E-state index contributed by atoms with van der Waals surface area (Å²) in [5.41, 5.74) is 0.797. The van der Waals surface area contributed by atoms with Crippen LogP contribution in [-0.2, 0) is 19.0 Å². The van der Waals surface area contributed by atoms with E-state index in [4.69, 9.17) is 23.7 Å². The molecule has 32 heavy (non-hydrogen) atoms. The topological polar surface area (TPSA) is 101 Å². The molecule has 4 atom stereocenters. The van der Waals surface area contributed by atoms with E-state index in [1.807, 2.05) is 19.1 Å². The third-order valence-electron chi connectivity index (χ3n) is 6.07. The Morgan fingerprint density at radius 3 is 3.03 bits per heavy atom. The van der Waals surface area contributed by atoms with Crippen LogP contribution < -0.4 is 14.8 Å². The lowest BCUT2D eigenvalue weighted by atomic mass is 9.83. The van der Waals surface area contributed by atoms with Crippen molar-refractivity contribution in [3.8, 4) is 11.1 Å². The number of rotatable bonds is 9. The molecule has 0 unspecified atom stereocenters. The maximum Gasteiger partial charge on any atom is 0.276 e. The van der Waals surface area contributed by atoms with E-state index >= 15 is 0 Å². The fourth-order valence-electron chi connectivity index (χ4n) is 4.39. The minimum atomic E-state index is -0.117. The number of ether oxygens (including phenoxy) is 5. The van der Waals surface area contributed by atoms with Gasteiger partial charge in [-0.15, -0.1) is 0 Å². The first-order valence-electron chi connectivity index (χ1n) is 11.2. The molecular formula is C22H29N3O6S. The number of fused-ring (bicyclic) bond motifs is 2. The predicted molar refractivity (Wildman–Crippen MR) is 117 cm³/mol. The van der Waals surface area contributed by atoms with Crippen LogP contribution in [0.25, 0.3) is 10.3 Å². The molecular weight excluding hydrogens is 434 g/mol. The van der Waals surface area contributed by atoms with E-state index < -0.39 is 0 Å². The summed E-state index contributed by atoms with van der Waals surface area (Å²) in [6.45, 7) is 5.86. The normalized spacial score (nSPS) is 30.0. The summed E-state index contributed by atoms with van der Waals surface area (Å²) in [4.78, 5) is 21.0. The van der Waals surface area contributed by atoms with Crippen molar-refractivity contribution >= 4 is 27.6 Å². The Morgan fingerprint density at radius 1 is 1.31 bits per heavy atom. The monoisotopic (exact) mass is 463 g/mol. The van der Waals surface area contributed by atoms with Crippen LogP contribution in [-0.4, -0.2) is 72.8 Å². The Bertz CT molecular complexity index is 949. The molecule has 1 aliphatic carbocycles. The maximum atomic E-state index is 11.0. The van der Waals surface area contributed by atoms with Gasteiger partial charge in [-0.3, -0.25) is 4.79 Å². The molecule has 2 aromatic rings. The van der Waals surface area contributed by atoms with Crippen LogP contribution in [0.3, 0.4) is 0 Å². The summed E-state index contributed by atoms with van der Waals surface area (Å²) in [5, 5.41) is 3.41. The van der Waals surface area contributed by atoms with E-state index in [1.54, 1.807) is 0 Å². The number of thiazole rings is 1. The van der Waals surface area contributed by atoms with Gasteiger partial charge in [0, 0.05) is 25.6 Å². The fraction of sp³-hybridized carbons (Fsp3) is 0.682. The molecule has 1 saturated carbocycles. The van der Waals surface area contributed by atoms with Crippen molar-refractivity contribution in [1.29, 1.82) is 0 Å². The smallest absolute Gasteiger partial charge is 0.276 e. The highest BCUT2D eigenvalue weighted by molar-refractivity contribution is 7.19. The van der Waals surface area contributed by atoms with E-state index in [2.05, 4.69) is 15.3 Å². The van der Waals surface area contributed by atoms with Gasteiger partial charge < -0.3 is 29.0 Å². The highest BCUT2D eigenvalue weighted by Gasteiger charge is 2.43. The van der Waals surface area contributed by atoms with E-state index in [-0.39, 0.29) is 36.4 Å². The van der Waals surface area contributed by atoms with E-state index in [1.165, 1.54) is 18.3 Å². The number of carbonyl (C=O) groups is 1. The number of nitrogens with one attached hydrogen (secondary N) is 1. The zero-order valence-corrected chi connectivity index (χ0v) is 19.1. The highest BCUT2D eigenvalue weighted by Crippen LogP contribution is 2.34. The Morgan fingerprint density at radius 2 is 2.19 bits per heavy atom. The fourth-order valence-corrected chi connectivity index (χ4v) is 5.23. The molecule has 174 valence electrons. The summed E-state index contributed by atoms with van der Waals surface area (Å²) in [5.74, 6) is 1.02. The van der Waals surface area contributed by atoms with Gasteiger partial charge in [0.1, 0.15) is 11.6 Å². The number of aromatic nitrogens is 2. The minimum absolute atomic E-state index is 0.00207. The number of hydrogen-bond acceptors (Lipinski definition) is 9. The van der Waals surface area contributed by atoms with E-state index in [9.17, 15) is 4.79 Å². The largest absolute Gasteiger partial charge is 0.477 e. The van der Waals surface area contributed by atoms with Crippen molar-refractivity contribution in [2.75, 3.05) is 26.4 Å². The molecule has 2 aliphatic heterocycles. The molecule has 3 fully saturated rings. The second-order valence-corrected chi connectivity index (χ2v) is 9.75. The molecule has 0 aromatic carbocycles. The number of carbonyl (C=O) groups excluding carboxylic acids is 1. The third-order valence-corrected chi connectivity index (χ3v) is 6.93. The lowest BCUT2D eigenvalue weighted by Gasteiger charge is -2.35. The zero-order chi connectivity index (χ0) is 22.1. The van der Waals surface area contributed by atoms with Crippen molar-refractivity contribution in [3.63, 3.8) is 0 Å². The Balaban J connectivity index is 1.07. The number of pyridine rings is 1. The summed E-state index contributed by atoms with van der Waals surface area (Å²) < 4.78 is 29.3. The van der Waals surface area contributed by atoms with Crippen LogP contribution in [0.5, 0.6) is 11.1 Å². The summed E-state index contributed by atoms with van der Waals surface area (Å²) in [6, 6.07) is 3.79. The first-order chi connectivity index (χ1) is 15.5. The summed E-state index contributed by atoms with van der Waals surface area (Å²) in [7, 11) is 0. The first-order valence-corrected chi connectivity index (χ1v) is 12.0. The molecule has 10 heteroatoms. The van der Waals surface area contributed by atoms with Crippen LogP contribution in [0.15, 0.2) is 12.1 Å². The van der Waals surface area contributed by atoms with Crippen molar-refractivity contribution in [3.05, 3.63) is 12.1 Å². The molecule has 1 amide bonds. The maximum absolute atomic E-state index is 11.0. The van der Waals surface area contributed by atoms with E-state index in [0.29, 0.717) is 36.8 Å². The van der Waals surface area contributed by atoms with Gasteiger partial charge in [-0.25, -0.2) is 9.97 Å². The van der Waals surface area contributed by atoms with Gasteiger partial charge in [0.15, 0.2) is 10.9 Å². The van der Waals surface area contributed by atoms with Crippen molar-refractivity contribution < 1.29 is 28.5 Å². The SMILES string of the molecule is CC(=O)N[C@@H](C)COC1CC(COc2ccc3nc(O[C@@H]4CO[C@@H]5CCO[C@@H]54)sc3n2)C1. The Kier molecular flexibility index (Phi) is 6.45. The molecule has 0 spiro atoms. The average Bonchev–Trinajstić information content (AvgIpc) is 3.42. The number of nitrogens with zero attached hydrogens (tertiary/aromatic N) is 2. The van der Waals surface area contributed by atoms with Crippen LogP contribution in [0.1, 0.15) is 33.1 Å². The Hall–Kier alpha value is -2.01. The zero-order valence-electron chi connectivity index (χ0n) is 18.3. The van der Waals surface area contributed by atoms with Gasteiger partial charge in [0.2, 0.25) is 11.8 Å². The standard InChI is InChI=1S/C22H29N3O6S/c1-12(23-13(2)26)9-28-15-7-14(8-15)10-30-19-4-3-16-21(25-19)32-22(24-16)31-18-11-29-17-5-6-27-20(17)18/h3-4,12,14-15,17-18,20H,5-11H2,1-2H3,(H,23,26)/t12-,14?,15?,17+,18+,20-/m0/s1. The molecule has 5 rings (SSSR count). The van der Waals surface area contributed by atoms with Gasteiger partial charge in [0.05, 0.1) is 32.0 Å². The minimum Gasteiger partial charge on any atom is -0.477 e. The third kappa shape index (κ3) is 4.98. The van der Waals surface area contributed by atoms with Gasteiger partial charge >= 0.3 is 0 Å². The van der Waals surface area contributed by atoms with Crippen molar-refractivity contribution in [1.82, 2.24) is 15.3 Å². The van der Waals surface area contributed by atoms with Gasteiger partial charge in [-0.05, 0) is 38.2 Å². The van der Waals surface area contributed by atoms with Gasteiger partial charge in [-0.1, -0.05) is 11.3 Å². The van der Waals surface area contributed by atoms with Crippen molar-refractivity contribution in [2.24, 2.45) is 5.92 Å². The van der Waals surface area contributed by atoms with Crippen LogP contribution in [0, 0.1) is 5.92 Å². The molecule has 3 aliphatic rings.